The molecule has 6 nitrogen and oxygen atoms in total. The van der Waals surface area contributed by atoms with Gasteiger partial charge in [-0.05, 0) is 92.9 Å². The van der Waals surface area contributed by atoms with Gasteiger partial charge in [-0.1, -0.05) is 60.7 Å². The van der Waals surface area contributed by atoms with Crippen molar-refractivity contribution in [1.29, 1.82) is 0 Å². The Kier molecular flexibility index (Phi) is 6.38. The van der Waals surface area contributed by atoms with Crippen molar-refractivity contribution in [1.82, 2.24) is 9.80 Å². The highest BCUT2D eigenvalue weighted by Crippen LogP contribution is 2.54. The molecule has 3 aliphatic rings. The Morgan fingerprint density at radius 2 is 1.67 bits per heavy atom. The normalized spacial score (nSPS) is 24.1. The molecule has 1 heterocycles. The zero-order valence-electron chi connectivity index (χ0n) is 22.7. The molecule has 0 saturated heterocycles. The fourth-order valence-corrected chi connectivity index (χ4v) is 7.42. The molecule has 0 unspecified atom stereocenters. The first kappa shape index (κ1) is 25.5. The smallest absolute Gasteiger partial charge is 0.270 e. The lowest BCUT2D eigenvalue weighted by atomic mass is 9.64. The van der Waals surface area contributed by atoms with Gasteiger partial charge in [-0.25, -0.2) is 0 Å². The number of likely N-dealkylation sites (N-methyl/N-ethyl adjacent to an activating group) is 1. The van der Waals surface area contributed by atoms with Gasteiger partial charge in [-0.2, -0.15) is 0 Å². The Morgan fingerprint density at radius 3 is 2.38 bits per heavy atom. The van der Waals surface area contributed by atoms with Crippen LogP contribution in [-0.2, 0) is 12.8 Å². The lowest BCUT2D eigenvalue weighted by molar-refractivity contribution is -0.384. The molecule has 200 valence electrons. The SMILES string of the molecule is CN(C)C1(Cc2ccccc2)CCC2(CC1)C1=C(CCN2C(=O)c2cccc([N+](=O)[O-])c2)c2ccccc2C1. The largest absolute Gasteiger partial charge is 0.329 e. The van der Waals surface area contributed by atoms with Crippen LogP contribution in [0.5, 0.6) is 0 Å². The number of nitro groups is 1. The van der Waals surface area contributed by atoms with Crippen LogP contribution in [0.3, 0.4) is 0 Å². The number of rotatable bonds is 5. The summed E-state index contributed by atoms with van der Waals surface area (Å²) < 4.78 is 0. The van der Waals surface area contributed by atoms with E-state index < -0.39 is 4.92 Å². The molecule has 0 atom stereocenters. The summed E-state index contributed by atoms with van der Waals surface area (Å²) in [6, 6.07) is 25.6. The number of carbonyl (C=O) groups excluding carboxylic acids is 1. The molecule has 0 N–H and O–H groups in total. The van der Waals surface area contributed by atoms with Crippen LogP contribution in [0.2, 0.25) is 0 Å². The average Bonchev–Trinajstić information content (AvgIpc) is 3.35. The van der Waals surface area contributed by atoms with Crippen LogP contribution in [0.1, 0.15) is 59.2 Å². The number of fused-ring (bicyclic) bond motifs is 3. The minimum absolute atomic E-state index is 0.0104. The first-order valence-electron chi connectivity index (χ1n) is 13.9. The van der Waals surface area contributed by atoms with Gasteiger partial charge in [0.2, 0.25) is 0 Å². The van der Waals surface area contributed by atoms with Gasteiger partial charge in [0.15, 0.2) is 0 Å². The van der Waals surface area contributed by atoms with Crippen molar-refractivity contribution in [2.45, 2.75) is 56.0 Å². The maximum Gasteiger partial charge on any atom is 0.270 e. The molecule has 6 heteroatoms. The molecule has 1 saturated carbocycles. The molecular weight excluding hydrogens is 486 g/mol. The van der Waals surface area contributed by atoms with E-state index in [2.05, 4.69) is 78.5 Å². The third-order valence-corrected chi connectivity index (χ3v) is 9.62. The van der Waals surface area contributed by atoms with Crippen molar-refractivity contribution >= 4 is 17.2 Å². The molecule has 6 rings (SSSR count). The van der Waals surface area contributed by atoms with Crippen LogP contribution in [0.15, 0.2) is 84.4 Å². The topological polar surface area (TPSA) is 66.7 Å². The van der Waals surface area contributed by atoms with Gasteiger partial charge < -0.3 is 9.80 Å². The zero-order chi connectivity index (χ0) is 27.2. The van der Waals surface area contributed by atoms with Crippen molar-refractivity contribution in [3.05, 3.63) is 117 Å². The van der Waals surface area contributed by atoms with Gasteiger partial charge in [0.1, 0.15) is 0 Å². The van der Waals surface area contributed by atoms with Gasteiger partial charge in [0.05, 0.1) is 10.5 Å². The van der Waals surface area contributed by atoms with Crippen molar-refractivity contribution in [3.8, 4) is 0 Å². The molecule has 0 radical (unpaired) electrons. The standard InChI is InChI=1S/C33H35N3O3/c1-34(2)32(23-24-9-4-3-5-10-24)16-18-33(19-17-32)30-22-25-11-6-7-14-28(25)29(30)15-20-35(33)31(37)26-12-8-13-27(21-26)36(38)39/h3-14,21H,15-20,22-23H2,1-2H3. The lowest BCUT2D eigenvalue weighted by Crippen LogP contribution is -2.61. The number of benzene rings is 3. The number of carbonyl (C=O) groups is 1. The van der Waals surface area contributed by atoms with E-state index in [0.717, 1.165) is 44.9 Å². The molecule has 1 amide bonds. The van der Waals surface area contributed by atoms with E-state index >= 15 is 0 Å². The number of amides is 1. The van der Waals surface area contributed by atoms with E-state index in [0.29, 0.717) is 12.1 Å². The van der Waals surface area contributed by atoms with Gasteiger partial charge >= 0.3 is 0 Å². The van der Waals surface area contributed by atoms with Crippen LogP contribution in [0.25, 0.3) is 5.57 Å². The molecule has 1 fully saturated rings. The highest BCUT2D eigenvalue weighted by Gasteiger charge is 2.53. The van der Waals surface area contributed by atoms with E-state index in [1.165, 1.54) is 40.0 Å². The molecule has 2 aliphatic carbocycles. The molecule has 1 aliphatic heterocycles. The summed E-state index contributed by atoms with van der Waals surface area (Å²) in [6.07, 6.45) is 6.37. The van der Waals surface area contributed by atoms with Crippen LogP contribution in [-0.4, -0.2) is 52.3 Å². The summed E-state index contributed by atoms with van der Waals surface area (Å²) >= 11 is 0. The summed E-state index contributed by atoms with van der Waals surface area (Å²) in [7, 11) is 4.37. The minimum atomic E-state index is -0.424. The Balaban J connectivity index is 1.39. The highest BCUT2D eigenvalue weighted by atomic mass is 16.6. The summed E-state index contributed by atoms with van der Waals surface area (Å²) in [5.41, 5.74) is 6.80. The van der Waals surface area contributed by atoms with E-state index in [1.54, 1.807) is 12.1 Å². The fraction of sp³-hybridized carbons (Fsp3) is 0.364. The number of hydrogen-bond donors (Lipinski definition) is 0. The van der Waals surface area contributed by atoms with Crippen LogP contribution >= 0.6 is 0 Å². The van der Waals surface area contributed by atoms with Gasteiger partial charge in [0.25, 0.3) is 11.6 Å². The Morgan fingerprint density at radius 1 is 0.949 bits per heavy atom. The predicted octanol–water partition coefficient (Wildman–Crippen LogP) is 6.31. The number of hydrogen-bond acceptors (Lipinski definition) is 4. The van der Waals surface area contributed by atoms with E-state index in [9.17, 15) is 14.9 Å². The first-order chi connectivity index (χ1) is 18.8. The Hall–Kier alpha value is -3.77. The summed E-state index contributed by atoms with van der Waals surface area (Å²) in [5.74, 6) is -0.0957. The fourth-order valence-electron chi connectivity index (χ4n) is 7.42. The minimum Gasteiger partial charge on any atom is -0.329 e. The average molecular weight is 522 g/mol. The summed E-state index contributed by atoms with van der Waals surface area (Å²) in [5, 5.41) is 11.5. The van der Waals surface area contributed by atoms with Crippen molar-refractivity contribution in [2.24, 2.45) is 0 Å². The second kappa shape index (κ2) is 9.76. The second-order valence-electron chi connectivity index (χ2n) is 11.6. The second-order valence-corrected chi connectivity index (χ2v) is 11.6. The number of nitro benzene ring substituents is 1. The molecule has 3 aromatic carbocycles. The van der Waals surface area contributed by atoms with Crippen molar-refractivity contribution < 1.29 is 9.72 Å². The predicted molar refractivity (Wildman–Crippen MR) is 154 cm³/mol. The van der Waals surface area contributed by atoms with E-state index in [4.69, 9.17) is 0 Å². The van der Waals surface area contributed by atoms with Gasteiger partial charge in [0, 0.05) is 29.8 Å². The highest BCUT2D eigenvalue weighted by molar-refractivity contribution is 5.97. The van der Waals surface area contributed by atoms with Gasteiger partial charge in [-0.15, -0.1) is 0 Å². The Labute approximate surface area is 230 Å². The zero-order valence-corrected chi connectivity index (χ0v) is 22.7. The molecule has 1 spiro atoms. The summed E-state index contributed by atoms with van der Waals surface area (Å²) in [6.45, 7) is 0.627. The molecule has 39 heavy (non-hydrogen) atoms. The van der Waals surface area contributed by atoms with E-state index in [1.807, 2.05) is 0 Å². The Bertz CT molecular complexity index is 1450. The first-order valence-corrected chi connectivity index (χ1v) is 13.9. The van der Waals surface area contributed by atoms with E-state index in [-0.39, 0.29) is 22.7 Å². The van der Waals surface area contributed by atoms with Crippen LogP contribution in [0.4, 0.5) is 5.69 Å². The molecule has 0 aromatic heterocycles. The molecule has 0 bridgehead atoms. The monoisotopic (exact) mass is 521 g/mol. The van der Waals surface area contributed by atoms with Crippen molar-refractivity contribution in [3.63, 3.8) is 0 Å². The molecular formula is C33H35N3O3. The van der Waals surface area contributed by atoms with Gasteiger partial charge in [-0.3, -0.25) is 14.9 Å². The quantitative estimate of drug-likeness (QED) is 0.292. The summed E-state index contributed by atoms with van der Waals surface area (Å²) in [4.78, 5) is 29.7. The maximum atomic E-state index is 14.2. The number of nitrogens with zero attached hydrogens (tertiary/aromatic N) is 3. The maximum absolute atomic E-state index is 14.2. The van der Waals surface area contributed by atoms with Crippen LogP contribution in [0, 0.1) is 10.1 Å². The number of non-ortho nitro benzene ring substituents is 1. The third-order valence-electron chi connectivity index (χ3n) is 9.62. The van der Waals surface area contributed by atoms with Crippen molar-refractivity contribution in [2.75, 3.05) is 20.6 Å². The third kappa shape index (κ3) is 4.27. The lowest BCUT2D eigenvalue weighted by Gasteiger charge is -2.56. The molecule has 3 aromatic rings. The van der Waals surface area contributed by atoms with Crippen LogP contribution < -0.4 is 0 Å².